The molecule has 26 heavy (non-hydrogen) atoms. The number of carbonyl (C=O) groups excluding carboxylic acids is 3. The molecule has 140 valence electrons. The van der Waals surface area contributed by atoms with Crippen molar-refractivity contribution in [1.82, 2.24) is 20.0 Å². The second kappa shape index (κ2) is 8.46. The van der Waals surface area contributed by atoms with Crippen molar-refractivity contribution in [3.8, 4) is 0 Å². The fraction of sp³-hybridized carbons (Fsp3) is 0.444. The number of aromatic nitrogens is 2. The van der Waals surface area contributed by atoms with Crippen molar-refractivity contribution in [3.05, 3.63) is 29.6 Å². The summed E-state index contributed by atoms with van der Waals surface area (Å²) in [5, 5.41) is 5.38. The molecule has 8 nitrogen and oxygen atoms in total. The van der Waals surface area contributed by atoms with E-state index in [0.29, 0.717) is 43.1 Å². The maximum atomic E-state index is 12.4. The fourth-order valence-corrected chi connectivity index (χ4v) is 2.78. The quantitative estimate of drug-likeness (QED) is 0.725. The fourth-order valence-electron chi connectivity index (χ4n) is 2.78. The van der Waals surface area contributed by atoms with Crippen LogP contribution in [0.2, 0.25) is 0 Å². The van der Waals surface area contributed by atoms with Crippen LogP contribution in [0.25, 0.3) is 5.65 Å². The van der Waals surface area contributed by atoms with Crippen LogP contribution < -0.4 is 15.5 Å². The number of anilines is 1. The molecule has 0 aliphatic carbocycles. The van der Waals surface area contributed by atoms with Crippen molar-refractivity contribution in [3.63, 3.8) is 0 Å². The molecule has 2 aromatic rings. The van der Waals surface area contributed by atoms with E-state index < -0.39 is 0 Å². The van der Waals surface area contributed by atoms with Crippen LogP contribution >= 0.6 is 0 Å². The summed E-state index contributed by atoms with van der Waals surface area (Å²) in [5.74, 6) is 0.236. The van der Waals surface area contributed by atoms with E-state index in [9.17, 15) is 14.4 Å². The zero-order valence-electron chi connectivity index (χ0n) is 15.6. The van der Waals surface area contributed by atoms with E-state index >= 15 is 0 Å². The molecule has 0 atom stereocenters. The summed E-state index contributed by atoms with van der Waals surface area (Å²) < 4.78 is 1.78. The first-order valence-electron chi connectivity index (χ1n) is 8.70. The van der Waals surface area contributed by atoms with Gasteiger partial charge < -0.3 is 10.6 Å². The second-order valence-corrected chi connectivity index (χ2v) is 5.88. The van der Waals surface area contributed by atoms with Gasteiger partial charge in [-0.2, -0.15) is 0 Å². The van der Waals surface area contributed by atoms with Crippen LogP contribution in [-0.2, 0) is 16.0 Å². The molecule has 2 N–H and O–H groups in total. The van der Waals surface area contributed by atoms with E-state index in [4.69, 9.17) is 0 Å². The molecule has 0 saturated heterocycles. The van der Waals surface area contributed by atoms with Gasteiger partial charge >= 0.3 is 0 Å². The third-order valence-corrected chi connectivity index (χ3v) is 4.00. The molecule has 3 amide bonds. The van der Waals surface area contributed by atoms with Crippen LogP contribution in [0, 0.1) is 0 Å². The number of pyridine rings is 1. The number of hydrogen-bond donors (Lipinski definition) is 2. The molecule has 0 aliphatic heterocycles. The minimum Gasteiger partial charge on any atom is -0.355 e. The Hall–Kier alpha value is -2.90. The highest BCUT2D eigenvalue weighted by atomic mass is 16.2. The zero-order chi connectivity index (χ0) is 19.3. The first-order chi connectivity index (χ1) is 12.4. The van der Waals surface area contributed by atoms with Gasteiger partial charge in [-0.3, -0.25) is 23.7 Å². The average molecular weight is 359 g/mol. The number of nitrogens with zero attached hydrogens (tertiary/aromatic N) is 3. The Kier molecular flexibility index (Phi) is 6.32. The summed E-state index contributed by atoms with van der Waals surface area (Å²) >= 11 is 0. The number of nitrogens with one attached hydrogen (secondary N) is 2. The van der Waals surface area contributed by atoms with Gasteiger partial charge in [0, 0.05) is 39.7 Å². The van der Waals surface area contributed by atoms with Gasteiger partial charge in [0.1, 0.15) is 11.5 Å². The van der Waals surface area contributed by atoms with Gasteiger partial charge in [-0.05, 0) is 25.5 Å². The van der Waals surface area contributed by atoms with Gasteiger partial charge in [0.2, 0.25) is 11.8 Å². The molecular formula is C18H25N5O3. The number of aryl methyl sites for hydroxylation is 1. The molecule has 0 fully saturated rings. The van der Waals surface area contributed by atoms with Gasteiger partial charge in [-0.15, -0.1) is 0 Å². The van der Waals surface area contributed by atoms with Crippen LogP contribution in [0.3, 0.4) is 0 Å². The Labute approximate surface area is 152 Å². The number of amides is 3. The van der Waals surface area contributed by atoms with E-state index in [2.05, 4.69) is 15.6 Å². The zero-order valence-corrected chi connectivity index (χ0v) is 15.6. The lowest BCUT2D eigenvalue weighted by Gasteiger charge is -2.20. The summed E-state index contributed by atoms with van der Waals surface area (Å²) in [5.41, 5.74) is 1.96. The van der Waals surface area contributed by atoms with Crippen molar-refractivity contribution in [2.24, 2.45) is 0 Å². The summed E-state index contributed by atoms with van der Waals surface area (Å²) in [7, 11) is 0. The third kappa shape index (κ3) is 4.19. The van der Waals surface area contributed by atoms with Gasteiger partial charge in [0.15, 0.2) is 0 Å². The van der Waals surface area contributed by atoms with E-state index in [-0.39, 0.29) is 17.7 Å². The minimum absolute atomic E-state index is 0.0749. The lowest BCUT2D eigenvalue weighted by atomic mass is 10.2. The molecule has 2 heterocycles. The molecular weight excluding hydrogens is 334 g/mol. The lowest BCUT2D eigenvalue weighted by molar-refractivity contribution is -0.119. The highest BCUT2D eigenvalue weighted by Gasteiger charge is 2.20. The maximum absolute atomic E-state index is 12.4. The van der Waals surface area contributed by atoms with Crippen LogP contribution in [-0.4, -0.2) is 46.7 Å². The Morgan fingerprint density at radius 1 is 1.12 bits per heavy atom. The number of carbonyl (C=O) groups is 3. The summed E-state index contributed by atoms with van der Waals surface area (Å²) in [6.07, 6.45) is 2.37. The average Bonchev–Trinajstić information content (AvgIpc) is 2.96. The topological polar surface area (TPSA) is 95.8 Å². The van der Waals surface area contributed by atoms with Crippen LogP contribution in [0.5, 0.6) is 0 Å². The van der Waals surface area contributed by atoms with Crippen LogP contribution in [0.1, 0.15) is 43.7 Å². The number of hydrogen-bond acceptors (Lipinski definition) is 4. The molecule has 0 bridgehead atoms. The Morgan fingerprint density at radius 2 is 1.81 bits per heavy atom. The first kappa shape index (κ1) is 19.4. The molecule has 0 spiro atoms. The van der Waals surface area contributed by atoms with Crippen molar-refractivity contribution < 1.29 is 14.4 Å². The smallest absolute Gasteiger partial charge is 0.252 e. The van der Waals surface area contributed by atoms with Crippen molar-refractivity contribution in [2.75, 3.05) is 24.5 Å². The predicted octanol–water partition coefficient (Wildman–Crippen LogP) is 1.14. The Balaban J connectivity index is 2.32. The van der Waals surface area contributed by atoms with Crippen LogP contribution in [0.15, 0.2) is 18.3 Å². The normalized spacial score (nSPS) is 10.6. The van der Waals surface area contributed by atoms with Gasteiger partial charge in [-0.1, -0.05) is 6.92 Å². The summed E-state index contributed by atoms with van der Waals surface area (Å²) in [6.45, 7) is 8.05. The third-order valence-electron chi connectivity index (χ3n) is 4.00. The minimum atomic E-state index is -0.249. The molecule has 0 unspecified atom stereocenters. The maximum Gasteiger partial charge on any atom is 0.252 e. The van der Waals surface area contributed by atoms with E-state index in [0.717, 1.165) is 5.69 Å². The van der Waals surface area contributed by atoms with Crippen molar-refractivity contribution in [1.29, 1.82) is 0 Å². The summed E-state index contributed by atoms with van der Waals surface area (Å²) in [6, 6.07) is 3.46. The van der Waals surface area contributed by atoms with Crippen LogP contribution in [0.4, 0.5) is 5.82 Å². The van der Waals surface area contributed by atoms with E-state index in [1.807, 2.05) is 13.8 Å². The SMILES string of the molecule is CCc1nc2ccc(C(=O)NCCNC(C)=O)cn2c1N(CC)C(C)=O. The summed E-state index contributed by atoms with van der Waals surface area (Å²) in [4.78, 5) is 41.4. The number of fused-ring (bicyclic) bond motifs is 1. The molecule has 0 radical (unpaired) electrons. The molecule has 2 aromatic heterocycles. The highest BCUT2D eigenvalue weighted by molar-refractivity contribution is 5.95. The van der Waals surface area contributed by atoms with Crippen molar-refractivity contribution in [2.45, 2.75) is 34.1 Å². The highest BCUT2D eigenvalue weighted by Crippen LogP contribution is 2.24. The monoisotopic (exact) mass is 359 g/mol. The van der Waals surface area contributed by atoms with E-state index in [1.165, 1.54) is 13.8 Å². The van der Waals surface area contributed by atoms with Gasteiger partial charge in [0.25, 0.3) is 5.91 Å². The number of rotatable bonds is 7. The molecule has 0 aromatic carbocycles. The molecule has 2 rings (SSSR count). The molecule has 0 saturated carbocycles. The first-order valence-corrected chi connectivity index (χ1v) is 8.70. The van der Waals surface area contributed by atoms with Crippen molar-refractivity contribution >= 4 is 29.2 Å². The molecule has 8 heteroatoms. The molecule has 0 aliphatic rings. The number of imidazole rings is 1. The largest absolute Gasteiger partial charge is 0.355 e. The second-order valence-electron chi connectivity index (χ2n) is 5.88. The van der Waals surface area contributed by atoms with Gasteiger partial charge in [0.05, 0.1) is 11.3 Å². The predicted molar refractivity (Wildman–Crippen MR) is 99.3 cm³/mol. The Morgan fingerprint density at radius 3 is 2.38 bits per heavy atom. The van der Waals surface area contributed by atoms with Gasteiger partial charge in [-0.25, -0.2) is 4.98 Å². The Bertz CT molecular complexity index is 828. The standard InChI is InChI=1S/C18H25N5O3/c1-5-15-18(22(6-2)13(4)25)23-11-14(7-8-16(23)21-15)17(26)20-10-9-19-12(3)24/h7-8,11H,5-6,9-10H2,1-4H3,(H,19,24)(H,20,26). The van der Waals surface area contributed by atoms with E-state index in [1.54, 1.807) is 27.6 Å². The lowest BCUT2D eigenvalue weighted by Crippen LogP contribution is -2.33.